The van der Waals surface area contributed by atoms with E-state index in [2.05, 4.69) is 4.74 Å². The topological polar surface area (TPSA) is 72.7 Å². The lowest BCUT2D eigenvalue weighted by molar-refractivity contribution is -0.384. The Balaban J connectivity index is 3.28. The highest BCUT2D eigenvalue weighted by molar-refractivity contribution is 5.91. The third-order valence-electron chi connectivity index (χ3n) is 2.08. The van der Waals surface area contributed by atoms with Crippen molar-refractivity contribution >= 4 is 17.3 Å². The number of hydrogen-bond donors (Lipinski definition) is 0. The van der Waals surface area contributed by atoms with Gasteiger partial charge in [0.2, 0.25) is 0 Å². The maximum atomic E-state index is 11.2. The zero-order valence-electron chi connectivity index (χ0n) is 9.26. The van der Waals surface area contributed by atoms with Crippen LogP contribution in [0.5, 0.6) is 0 Å². The summed E-state index contributed by atoms with van der Waals surface area (Å²) in [5.74, 6) is -0.589. The Morgan fingerprint density at radius 1 is 1.44 bits per heavy atom. The molecule has 0 aliphatic rings. The number of ether oxygens (including phenoxy) is 1. The van der Waals surface area contributed by atoms with Gasteiger partial charge in [0.05, 0.1) is 17.6 Å². The lowest BCUT2D eigenvalue weighted by Crippen LogP contribution is -2.12. The molecule has 0 unspecified atom stereocenters. The van der Waals surface area contributed by atoms with Crippen LogP contribution in [0.25, 0.3) is 0 Å². The number of carbonyl (C=O) groups is 1. The van der Waals surface area contributed by atoms with Crippen LogP contribution in [0.4, 0.5) is 11.4 Å². The van der Waals surface area contributed by atoms with Crippen molar-refractivity contribution in [3.8, 4) is 0 Å². The summed E-state index contributed by atoms with van der Waals surface area (Å²) >= 11 is 0. The van der Waals surface area contributed by atoms with E-state index in [1.165, 1.54) is 25.3 Å². The van der Waals surface area contributed by atoms with Crippen molar-refractivity contribution in [2.45, 2.75) is 0 Å². The third kappa shape index (κ3) is 2.28. The van der Waals surface area contributed by atoms with Crippen LogP contribution in [-0.4, -0.2) is 32.1 Å². The Bertz CT molecular complexity index is 429. The maximum absolute atomic E-state index is 11.2. The number of nitrogens with zero attached hydrogens (tertiary/aromatic N) is 2. The molecule has 0 spiro atoms. The van der Waals surface area contributed by atoms with Crippen molar-refractivity contribution < 1.29 is 14.5 Å². The molecule has 0 aromatic heterocycles. The van der Waals surface area contributed by atoms with Gasteiger partial charge < -0.3 is 9.64 Å². The number of anilines is 1. The van der Waals surface area contributed by atoms with Gasteiger partial charge in [0.25, 0.3) is 5.69 Å². The highest BCUT2D eigenvalue weighted by atomic mass is 16.6. The standard InChI is InChI=1S/C10H12N2O4/c1-11(2)8-5-4-7(10(13)16-3)6-9(8)12(14)15/h4-6H,1-3H3. The molecule has 0 saturated carbocycles. The highest BCUT2D eigenvalue weighted by Crippen LogP contribution is 2.27. The van der Waals surface area contributed by atoms with E-state index in [4.69, 9.17) is 0 Å². The summed E-state index contributed by atoms with van der Waals surface area (Å²) in [7, 11) is 4.62. The van der Waals surface area contributed by atoms with Crippen LogP contribution in [0.15, 0.2) is 18.2 Å². The predicted octanol–water partition coefficient (Wildman–Crippen LogP) is 1.45. The van der Waals surface area contributed by atoms with Crippen molar-refractivity contribution in [2.75, 3.05) is 26.1 Å². The van der Waals surface area contributed by atoms with E-state index in [-0.39, 0.29) is 11.3 Å². The molecular weight excluding hydrogens is 212 g/mol. The second kappa shape index (κ2) is 4.61. The van der Waals surface area contributed by atoms with Gasteiger partial charge in [-0.15, -0.1) is 0 Å². The molecule has 0 heterocycles. The largest absolute Gasteiger partial charge is 0.465 e. The van der Waals surface area contributed by atoms with E-state index < -0.39 is 10.9 Å². The maximum Gasteiger partial charge on any atom is 0.338 e. The van der Waals surface area contributed by atoms with Crippen LogP contribution in [0.3, 0.4) is 0 Å². The van der Waals surface area contributed by atoms with Crippen LogP contribution in [-0.2, 0) is 4.74 Å². The summed E-state index contributed by atoms with van der Waals surface area (Å²) in [4.78, 5) is 23.1. The Kier molecular flexibility index (Phi) is 3.44. The Morgan fingerprint density at radius 3 is 2.50 bits per heavy atom. The van der Waals surface area contributed by atoms with Crippen LogP contribution in [0.1, 0.15) is 10.4 Å². The van der Waals surface area contributed by atoms with Crippen molar-refractivity contribution in [3.63, 3.8) is 0 Å². The minimum absolute atomic E-state index is 0.118. The summed E-state index contributed by atoms with van der Waals surface area (Å²) in [5.41, 5.74) is 0.491. The number of nitro benzene ring substituents is 1. The third-order valence-corrected chi connectivity index (χ3v) is 2.08. The molecule has 16 heavy (non-hydrogen) atoms. The van der Waals surface area contributed by atoms with Crippen LogP contribution < -0.4 is 4.90 Å². The number of benzene rings is 1. The Labute approximate surface area is 92.6 Å². The zero-order chi connectivity index (χ0) is 12.3. The predicted molar refractivity (Wildman–Crippen MR) is 58.8 cm³/mol. The second-order valence-electron chi connectivity index (χ2n) is 3.35. The summed E-state index contributed by atoms with van der Waals surface area (Å²) in [6, 6.07) is 4.22. The number of esters is 1. The number of rotatable bonds is 3. The van der Waals surface area contributed by atoms with Gasteiger partial charge >= 0.3 is 5.97 Å². The first-order valence-corrected chi connectivity index (χ1v) is 4.51. The van der Waals surface area contributed by atoms with E-state index in [1.807, 2.05) is 0 Å². The fraction of sp³-hybridized carbons (Fsp3) is 0.300. The molecule has 1 rings (SSSR count). The molecule has 6 nitrogen and oxygen atoms in total. The first kappa shape index (κ1) is 12.0. The number of hydrogen-bond acceptors (Lipinski definition) is 5. The summed E-state index contributed by atoms with van der Waals surface area (Å²) in [5, 5.41) is 10.8. The lowest BCUT2D eigenvalue weighted by Gasteiger charge is -2.12. The molecule has 0 atom stereocenters. The molecule has 0 N–H and O–H groups in total. The SMILES string of the molecule is COC(=O)c1ccc(N(C)C)c([N+](=O)[O-])c1. The minimum Gasteiger partial charge on any atom is -0.465 e. The normalized spacial score (nSPS) is 9.69. The monoisotopic (exact) mass is 224 g/mol. The van der Waals surface area contributed by atoms with Crippen molar-refractivity contribution in [1.82, 2.24) is 0 Å². The zero-order valence-corrected chi connectivity index (χ0v) is 9.26. The van der Waals surface area contributed by atoms with Gasteiger partial charge in [-0.25, -0.2) is 4.79 Å². The molecule has 0 aliphatic carbocycles. The van der Waals surface area contributed by atoms with E-state index >= 15 is 0 Å². The smallest absolute Gasteiger partial charge is 0.338 e. The molecule has 0 radical (unpaired) electrons. The van der Waals surface area contributed by atoms with Crippen LogP contribution in [0, 0.1) is 10.1 Å². The summed E-state index contributed by atoms with van der Waals surface area (Å²) in [6.45, 7) is 0. The molecule has 0 amide bonds. The molecule has 86 valence electrons. The average molecular weight is 224 g/mol. The molecule has 0 fully saturated rings. The van der Waals surface area contributed by atoms with Gasteiger partial charge in [0.1, 0.15) is 5.69 Å². The molecular formula is C10H12N2O4. The number of methoxy groups -OCH3 is 1. The first-order chi connectivity index (χ1) is 7.47. The highest BCUT2D eigenvalue weighted by Gasteiger charge is 2.18. The van der Waals surface area contributed by atoms with Gasteiger partial charge in [-0.05, 0) is 12.1 Å². The Hall–Kier alpha value is -2.11. The van der Waals surface area contributed by atoms with Gasteiger partial charge in [0.15, 0.2) is 0 Å². The second-order valence-corrected chi connectivity index (χ2v) is 3.35. The fourth-order valence-electron chi connectivity index (χ4n) is 1.29. The van der Waals surface area contributed by atoms with E-state index in [1.54, 1.807) is 19.0 Å². The van der Waals surface area contributed by atoms with Crippen molar-refractivity contribution in [2.24, 2.45) is 0 Å². The Morgan fingerprint density at radius 2 is 2.06 bits per heavy atom. The average Bonchev–Trinajstić information content (AvgIpc) is 2.26. The van der Waals surface area contributed by atoms with Crippen LogP contribution >= 0.6 is 0 Å². The molecule has 0 saturated heterocycles. The molecule has 1 aromatic rings. The quantitative estimate of drug-likeness (QED) is 0.441. The summed E-state index contributed by atoms with van der Waals surface area (Å²) < 4.78 is 4.50. The fourth-order valence-corrected chi connectivity index (χ4v) is 1.29. The van der Waals surface area contributed by atoms with E-state index in [9.17, 15) is 14.9 Å². The first-order valence-electron chi connectivity index (χ1n) is 4.51. The molecule has 6 heteroatoms. The summed E-state index contributed by atoms with van der Waals surface area (Å²) in [6.07, 6.45) is 0. The van der Waals surface area contributed by atoms with Gasteiger partial charge in [-0.2, -0.15) is 0 Å². The van der Waals surface area contributed by atoms with Gasteiger partial charge in [-0.3, -0.25) is 10.1 Å². The van der Waals surface area contributed by atoms with Crippen molar-refractivity contribution in [1.29, 1.82) is 0 Å². The molecule has 1 aromatic carbocycles. The van der Waals surface area contributed by atoms with Gasteiger partial charge in [0, 0.05) is 20.2 Å². The van der Waals surface area contributed by atoms with Crippen molar-refractivity contribution in [3.05, 3.63) is 33.9 Å². The minimum atomic E-state index is -0.589. The number of carbonyl (C=O) groups excluding carboxylic acids is 1. The van der Waals surface area contributed by atoms with E-state index in [0.29, 0.717) is 5.69 Å². The van der Waals surface area contributed by atoms with E-state index in [0.717, 1.165) is 0 Å². The lowest BCUT2D eigenvalue weighted by atomic mass is 10.1. The number of nitro groups is 1. The van der Waals surface area contributed by atoms with Gasteiger partial charge in [-0.1, -0.05) is 0 Å². The molecule has 0 bridgehead atoms. The van der Waals surface area contributed by atoms with Crippen LogP contribution in [0.2, 0.25) is 0 Å². The molecule has 0 aliphatic heterocycles.